The topological polar surface area (TPSA) is 3.24 Å². The molecule has 0 saturated heterocycles. The minimum Gasteiger partial charge on any atom is -0.310 e. The molecule has 5 aromatic rings. The molecule has 0 spiro atoms. The Hall–Kier alpha value is -5.14. The fraction of sp³-hybridized carbons (Fsp3) is 0.191. The molecule has 0 aliphatic heterocycles. The highest BCUT2D eigenvalue weighted by Gasteiger charge is 2.36. The van der Waals surface area contributed by atoms with Crippen LogP contribution in [0.1, 0.15) is 80.0 Å². The molecule has 0 bridgehead atoms. The summed E-state index contributed by atoms with van der Waals surface area (Å²) in [5.74, 6) is 0. The maximum atomic E-state index is 4.09. The van der Waals surface area contributed by atoms with Gasteiger partial charge in [-0.05, 0) is 125 Å². The number of allylic oxidation sites excluding steroid dienone is 5. The third-order valence-corrected chi connectivity index (χ3v) is 10.6. The van der Waals surface area contributed by atoms with E-state index in [-0.39, 0.29) is 10.8 Å². The van der Waals surface area contributed by atoms with Gasteiger partial charge in [0.25, 0.3) is 0 Å². The van der Waals surface area contributed by atoms with Crippen molar-refractivity contribution < 1.29 is 0 Å². The fourth-order valence-electron chi connectivity index (χ4n) is 7.99. The third kappa shape index (κ3) is 5.28. The van der Waals surface area contributed by atoms with Crippen molar-refractivity contribution in [2.45, 2.75) is 58.8 Å². The van der Waals surface area contributed by atoms with Crippen molar-refractivity contribution in [3.8, 4) is 11.1 Å². The Labute approximate surface area is 287 Å². The van der Waals surface area contributed by atoms with E-state index in [2.05, 4.69) is 187 Å². The lowest BCUT2D eigenvalue weighted by atomic mass is 9.73. The van der Waals surface area contributed by atoms with Crippen LogP contribution in [-0.4, -0.2) is 0 Å². The zero-order chi connectivity index (χ0) is 33.6. The van der Waals surface area contributed by atoms with Crippen molar-refractivity contribution in [3.63, 3.8) is 0 Å². The summed E-state index contributed by atoms with van der Waals surface area (Å²) < 4.78 is 0. The lowest BCUT2D eigenvalue weighted by Gasteiger charge is -2.33. The summed E-state index contributed by atoms with van der Waals surface area (Å²) in [7, 11) is 0. The first-order valence-corrected chi connectivity index (χ1v) is 17.1. The molecule has 7 rings (SSSR count). The summed E-state index contributed by atoms with van der Waals surface area (Å²) in [4.78, 5) is 2.43. The van der Waals surface area contributed by atoms with E-state index in [0.717, 1.165) is 34.6 Å². The second kappa shape index (κ2) is 12.1. The molecule has 2 aliphatic rings. The highest BCUT2D eigenvalue weighted by Crippen LogP contribution is 2.51. The lowest BCUT2D eigenvalue weighted by molar-refractivity contribution is 0.597. The van der Waals surface area contributed by atoms with E-state index in [1.54, 1.807) is 0 Å². The standard InChI is InChI=1S/C47H45N/c1-8-15-35-28-38(23-22-34(35)9-2)48(39-24-25-45-43(30-39)42-20-12-13-21-44(42)46(45,5)6)37-18-14-17-36(29-37)47(7)27-26-41(33(4)31-47)40-19-11-10-16-32(40)3/h8-26,28-31H,2,27H2,1,3-7H3/b15-8-. The minimum atomic E-state index is -0.123. The molecule has 48 heavy (non-hydrogen) atoms. The van der Waals surface area contributed by atoms with Gasteiger partial charge in [-0.3, -0.25) is 0 Å². The fourth-order valence-corrected chi connectivity index (χ4v) is 7.99. The van der Waals surface area contributed by atoms with Crippen molar-refractivity contribution in [1.82, 2.24) is 0 Å². The average Bonchev–Trinajstić information content (AvgIpc) is 3.32. The van der Waals surface area contributed by atoms with Gasteiger partial charge in [0.15, 0.2) is 0 Å². The van der Waals surface area contributed by atoms with Gasteiger partial charge in [0.1, 0.15) is 0 Å². The lowest BCUT2D eigenvalue weighted by Crippen LogP contribution is -2.22. The molecule has 1 heteroatoms. The number of rotatable bonds is 7. The molecular formula is C47H45N. The SMILES string of the molecule is C=Cc1ccc(N(c2cccc(C3(C)C=C(C)C(c4ccccc4C)=CC3)c2)c2ccc3c(c2)-c2ccccc2C3(C)C)cc1/C=C\C. The summed E-state index contributed by atoms with van der Waals surface area (Å²) in [6.45, 7) is 17.7. The normalized spacial score (nSPS) is 17.8. The Bertz CT molecular complexity index is 2150. The first kappa shape index (κ1) is 31.5. The number of aryl methyl sites for hydroxylation is 1. The molecule has 0 fully saturated rings. The monoisotopic (exact) mass is 623 g/mol. The van der Waals surface area contributed by atoms with Crippen LogP contribution in [0.15, 0.2) is 140 Å². The van der Waals surface area contributed by atoms with Crippen LogP contribution in [0.2, 0.25) is 0 Å². The van der Waals surface area contributed by atoms with Crippen LogP contribution in [0.5, 0.6) is 0 Å². The van der Waals surface area contributed by atoms with Gasteiger partial charge in [-0.15, -0.1) is 0 Å². The van der Waals surface area contributed by atoms with Crippen LogP contribution in [0.25, 0.3) is 28.9 Å². The zero-order valence-electron chi connectivity index (χ0n) is 29.1. The number of anilines is 3. The smallest absolute Gasteiger partial charge is 0.0468 e. The molecule has 2 aliphatic carbocycles. The van der Waals surface area contributed by atoms with Crippen LogP contribution >= 0.6 is 0 Å². The molecule has 0 saturated carbocycles. The summed E-state index contributed by atoms with van der Waals surface area (Å²) in [6.07, 6.45) is 12.1. The van der Waals surface area contributed by atoms with E-state index in [0.29, 0.717) is 0 Å². The highest BCUT2D eigenvalue weighted by molar-refractivity contribution is 5.88. The molecule has 1 nitrogen and oxygen atoms in total. The molecule has 0 N–H and O–H groups in total. The van der Waals surface area contributed by atoms with E-state index in [9.17, 15) is 0 Å². The Morgan fingerprint density at radius 1 is 0.667 bits per heavy atom. The summed E-state index contributed by atoms with van der Waals surface area (Å²) >= 11 is 0. The van der Waals surface area contributed by atoms with Gasteiger partial charge in [0.2, 0.25) is 0 Å². The molecule has 238 valence electrons. The van der Waals surface area contributed by atoms with Crippen LogP contribution in [0, 0.1) is 6.92 Å². The van der Waals surface area contributed by atoms with E-state index in [4.69, 9.17) is 0 Å². The van der Waals surface area contributed by atoms with Crippen LogP contribution in [0.4, 0.5) is 17.1 Å². The number of hydrogen-bond donors (Lipinski definition) is 0. The second-order valence-electron chi connectivity index (χ2n) is 14.2. The quantitative estimate of drug-likeness (QED) is 0.174. The highest BCUT2D eigenvalue weighted by atomic mass is 15.1. The van der Waals surface area contributed by atoms with Gasteiger partial charge < -0.3 is 4.90 Å². The van der Waals surface area contributed by atoms with Gasteiger partial charge in [-0.25, -0.2) is 0 Å². The van der Waals surface area contributed by atoms with Gasteiger partial charge in [-0.1, -0.05) is 131 Å². The van der Waals surface area contributed by atoms with Crippen molar-refractivity contribution in [2.24, 2.45) is 0 Å². The number of fused-ring (bicyclic) bond motifs is 3. The maximum absolute atomic E-state index is 4.09. The average molecular weight is 624 g/mol. The molecule has 1 unspecified atom stereocenters. The zero-order valence-corrected chi connectivity index (χ0v) is 29.1. The second-order valence-corrected chi connectivity index (χ2v) is 14.2. The first-order chi connectivity index (χ1) is 23.1. The minimum absolute atomic E-state index is 0.0374. The van der Waals surface area contributed by atoms with Crippen molar-refractivity contribution in [1.29, 1.82) is 0 Å². The number of hydrogen-bond acceptors (Lipinski definition) is 1. The van der Waals surface area contributed by atoms with Gasteiger partial charge in [0, 0.05) is 27.9 Å². The van der Waals surface area contributed by atoms with Gasteiger partial charge in [0.05, 0.1) is 0 Å². The Morgan fingerprint density at radius 3 is 2.10 bits per heavy atom. The number of benzene rings is 5. The molecule has 0 heterocycles. The predicted molar refractivity (Wildman–Crippen MR) is 208 cm³/mol. The summed E-state index contributed by atoms with van der Waals surface area (Å²) in [6, 6.07) is 40.5. The van der Waals surface area contributed by atoms with E-state index < -0.39 is 0 Å². The molecule has 0 radical (unpaired) electrons. The third-order valence-electron chi connectivity index (χ3n) is 10.6. The molecular weight excluding hydrogens is 579 g/mol. The van der Waals surface area contributed by atoms with Crippen molar-refractivity contribution >= 4 is 34.8 Å². The van der Waals surface area contributed by atoms with Crippen LogP contribution in [-0.2, 0) is 10.8 Å². The molecule has 0 amide bonds. The van der Waals surface area contributed by atoms with E-state index in [1.807, 2.05) is 6.08 Å². The molecule has 1 atom stereocenters. The molecule has 0 aromatic heterocycles. The maximum Gasteiger partial charge on any atom is 0.0468 e. The first-order valence-electron chi connectivity index (χ1n) is 17.1. The van der Waals surface area contributed by atoms with E-state index in [1.165, 1.54) is 50.1 Å². The van der Waals surface area contributed by atoms with Gasteiger partial charge >= 0.3 is 0 Å². The predicted octanol–water partition coefficient (Wildman–Crippen LogP) is 13.1. The van der Waals surface area contributed by atoms with Crippen molar-refractivity contribution in [2.75, 3.05) is 4.90 Å². The Balaban J connectivity index is 1.36. The van der Waals surface area contributed by atoms with E-state index >= 15 is 0 Å². The summed E-state index contributed by atoms with van der Waals surface area (Å²) in [5.41, 5.74) is 17.6. The Kier molecular flexibility index (Phi) is 7.96. The van der Waals surface area contributed by atoms with Gasteiger partial charge in [-0.2, -0.15) is 0 Å². The van der Waals surface area contributed by atoms with Crippen molar-refractivity contribution in [3.05, 3.63) is 179 Å². The summed E-state index contributed by atoms with van der Waals surface area (Å²) in [5, 5.41) is 0. The molecule has 5 aromatic carbocycles. The van der Waals surface area contributed by atoms with Crippen LogP contribution < -0.4 is 4.90 Å². The Morgan fingerprint density at radius 2 is 1.35 bits per heavy atom. The number of nitrogens with zero attached hydrogens (tertiary/aromatic N) is 1. The largest absolute Gasteiger partial charge is 0.310 e. The van der Waals surface area contributed by atoms with Crippen LogP contribution in [0.3, 0.4) is 0 Å².